The van der Waals surface area contributed by atoms with E-state index in [1.165, 1.54) is 23.5 Å². The molecule has 0 spiro atoms. The van der Waals surface area contributed by atoms with Crippen LogP contribution in [-0.4, -0.2) is 34.5 Å². The summed E-state index contributed by atoms with van der Waals surface area (Å²) >= 11 is 7.13. The van der Waals surface area contributed by atoms with Crippen molar-refractivity contribution >= 4 is 45.0 Å². The number of thiazole rings is 1. The molecule has 2 amide bonds. The summed E-state index contributed by atoms with van der Waals surface area (Å²) in [6.07, 6.45) is 2.07. The zero-order chi connectivity index (χ0) is 20.9. The molecule has 3 saturated carbocycles. The average Bonchev–Trinajstić information content (AvgIpc) is 3.14. The first-order chi connectivity index (χ1) is 14.4. The highest BCUT2D eigenvalue weighted by atomic mass is 35.5. The van der Waals surface area contributed by atoms with Gasteiger partial charge in [-0.2, -0.15) is 0 Å². The van der Waals surface area contributed by atoms with Crippen LogP contribution in [0, 0.1) is 5.82 Å². The standard InChI is InChI=1S/C21H17ClFN3O3S/c22-14-3-2-13(6-15(14)23)29-7-18(27)25-20-8-21(9-20,10-20)26-19(28)12-1-4-16-17(5-12)30-11-24-16/h1-6,11H,7-10H2,(H,25,27)(H,26,28). The van der Waals surface area contributed by atoms with Gasteiger partial charge >= 0.3 is 0 Å². The Hall–Kier alpha value is -2.71. The van der Waals surface area contributed by atoms with E-state index in [0.717, 1.165) is 16.3 Å². The molecule has 3 fully saturated rings. The third kappa shape index (κ3) is 3.40. The first kappa shape index (κ1) is 19.3. The SMILES string of the molecule is O=C(COc1ccc(Cl)c(F)c1)NC12CC(NC(=O)c3ccc4ncsc4c3)(C1)C2. The number of hydrogen-bond acceptors (Lipinski definition) is 5. The van der Waals surface area contributed by atoms with Crippen LogP contribution in [0.1, 0.15) is 29.6 Å². The fraction of sp³-hybridized carbons (Fsp3) is 0.286. The Morgan fingerprint density at radius 1 is 1.13 bits per heavy atom. The van der Waals surface area contributed by atoms with E-state index in [0.29, 0.717) is 24.8 Å². The number of hydrogen-bond donors (Lipinski definition) is 2. The van der Waals surface area contributed by atoms with E-state index in [1.54, 1.807) is 11.6 Å². The Balaban J connectivity index is 1.11. The minimum Gasteiger partial charge on any atom is -0.484 e. The van der Waals surface area contributed by atoms with Crippen LogP contribution in [0.3, 0.4) is 0 Å². The largest absolute Gasteiger partial charge is 0.484 e. The third-order valence-corrected chi connectivity index (χ3v) is 6.77. The van der Waals surface area contributed by atoms with Gasteiger partial charge in [0.2, 0.25) is 0 Å². The lowest BCUT2D eigenvalue weighted by Gasteiger charge is -2.70. The molecule has 2 N–H and O–H groups in total. The van der Waals surface area contributed by atoms with Crippen molar-refractivity contribution in [2.24, 2.45) is 0 Å². The predicted octanol–water partition coefficient (Wildman–Crippen LogP) is 3.69. The number of ether oxygens (including phenoxy) is 1. The molecule has 3 aromatic rings. The van der Waals surface area contributed by atoms with Crippen LogP contribution < -0.4 is 15.4 Å². The molecule has 2 aromatic carbocycles. The van der Waals surface area contributed by atoms with E-state index < -0.39 is 5.82 Å². The summed E-state index contributed by atoms with van der Waals surface area (Å²) in [4.78, 5) is 29.0. The van der Waals surface area contributed by atoms with Crippen molar-refractivity contribution in [1.29, 1.82) is 0 Å². The average molecular weight is 446 g/mol. The summed E-state index contributed by atoms with van der Waals surface area (Å²) in [6.45, 7) is -0.211. The molecule has 0 aliphatic heterocycles. The molecule has 154 valence electrons. The number of aromatic nitrogens is 1. The van der Waals surface area contributed by atoms with Gasteiger partial charge in [0, 0.05) is 22.7 Å². The Labute approximate surface area is 180 Å². The molecule has 6 rings (SSSR count). The maximum atomic E-state index is 13.4. The molecule has 1 heterocycles. The van der Waals surface area contributed by atoms with E-state index in [1.807, 2.05) is 12.1 Å². The van der Waals surface area contributed by atoms with Crippen LogP contribution in [0.15, 0.2) is 41.9 Å². The van der Waals surface area contributed by atoms with Gasteiger partial charge in [-0.25, -0.2) is 9.37 Å². The summed E-state index contributed by atoms with van der Waals surface area (Å²) in [7, 11) is 0. The van der Waals surface area contributed by atoms with Gasteiger partial charge in [0.05, 0.1) is 20.7 Å². The number of nitrogens with one attached hydrogen (secondary N) is 2. The van der Waals surface area contributed by atoms with E-state index in [-0.39, 0.29) is 40.3 Å². The molecule has 0 saturated heterocycles. The lowest BCUT2D eigenvalue weighted by molar-refractivity contribution is -0.141. The summed E-state index contributed by atoms with van der Waals surface area (Å²) < 4.78 is 19.7. The van der Waals surface area contributed by atoms with Crippen molar-refractivity contribution in [3.63, 3.8) is 0 Å². The van der Waals surface area contributed by atoms with Gasteiger partial charge in [-0.15, -0.1) is 11.3 Å². The van der Waals surface area contributed by atoms with Crippen molar-refractivity contribution in [2.75, 3.05) is 6.61 Å². The van der Waals surface area contributed by atoms with Crippen LogP contribution in [0.25, 0.3) is 10.2 Å². The molecule has 2 bridgehead atoms. The number of carbonyl (C=O) groups is 2. The van der Waals surface area contributed by atoms with Gasteiger partial charge in [0.15, 0.2) is 6.61 Å². The van der Waals surface area contributed by atoms with E-state index in [2.05, 4.69) is 15.6 Å². The molecule has 0 radical (unpaired) electrons. The Kier molecular flexibility index (Phi) is 4.44. The number of amides is 2. The van der Waals surface area contributed by atoms with Gasteiger partial charge in [-0.05, 0) is 49.6 Å². The van der Waals surface area contributed by atoms with Crippen molar-refractivity contribution in [3.8, 4) is 5.75 Å². The molecule has 0 atom stereocenters. The number of halogens is 2. The van der Waals surface area contributed by atoms with Crippen LogP contribution >= 0.6 is 22.9 Å². The number of carbonyl (C=O) groups excluding carboxylic acids is 2. The van der Waals surface area contributed by atoms with Crippen LogP contribution in [0.4, 0.5) is 4.39 Å². The second-order valence-corrected chi connectivity index (χ2v) is 9.29. The van der Waals surface area contributed by atoms with Gasteiger partial charge in [-0.3, -0.25) is 9.59 Å². The summed E-state index contributed by atoms with van der Waals surface area (Å²) in [5, 5.41) is 6.08. The molecule has 0 unspecified atom stereocenters. The Morgan fingerprint density at radius 3 is 2.67 bits per heavy atom. The van der Waals surface area contributed by atoms with Crippen LogP contribution in [-0.2, 0) is 4.79 Å². The fourth-order valence-corrected chi connectivity index (χ4v) is 5.24. The molecular formula is C21H17ClFN3O3S. The first-order valence-electron chi connectivity index (χ1n) is 9.40. The highest BCUT2D eigenvalue weighted by Gasteiger charge is 2.69. The molecule has 6 nitrogen and oxygen atoms in total. The number of rotatable bonds is 6. The smallest absolute Gasteiger partial charge is 0.258 e. The molecule has 30 heavy (non-hydrogen) atoms. The van der Waals surface area contributed by atoms with E-state index >= 15 is 0 Å². The highest BCUT2D eigenvalue weighted by molar-refractivity contribution is 7.16. The normalized spacial score (nSPS) is 23.9. The number of nitrogens with zero attached hydrogens (tertiary/aromatic N) is 1. The monoisotopic (exact) mass is 445 g/mol. The first-order valence-corrected chi connectivity index (χ1v) is 10.7. The number of fused-ring (bicyclic) bond motifs is 1. The second-order valence-electron chi connectivity index (χ2n) is 7.99. The lowest BCUT2D eigenvalue weighted by Crippen LogP contribution is -2.84. The Bertz CT molecular complexity index is 1160. The highest BCUT2D eigenvalue weighted by Crippen LogP contribution is 2.60. The fourth-order valence-electron chi connectivity index (χ4n) is 4.41. The van der Waals surface area contributed by atoms with E-state index in [4.69, 9.17) is 16.3 Å². The van der Waals surface area contributed by atoms with Crippen molar-refractivity contribution < 1.29 is 18.7 Å². The van der Waals surface area contributed by atoms with Gasteiger partial charge < -0.3 is 15.4 Å². The molecule has 3 aliphatic rings. The topological polar surface area (TPSA) is 80.3 Å². The van der Waals surface area contributed by atoms with Crippen molar-refractivity contribution in [2.45, 2.75) is 30.3 Å². The lowest BCUT2D eigenvalue weighted by atomic mass is 9.44. The Morgan fingerprint density at radius 2 is 1.90 bits per heavy atom. The van der Waals surface area contributed by atoms with E-state index in [9.17, 15) is 14.0 Å². The number of benzene rings is 2. The van der Waals surface area contributed by atoms with Crippen LogP contribution in [0.5, 0.6) is 5.75 Å². The quantitative estimate of drug-likeness (QED) is 0.606. The predicted molar refractivity (Wildman–Crippen MR) is 111 cm³/mol. The minimum absolute atomic E-state index is 0.00000957. The zero-order valence-electron chi connectivity index (χ0n) is 15.7. The van der Waals surface area contributed by atoms with Gasteiger partial charge in [0.1, 0.15) is 11.6 Å². The van der Waals surface area contributed by atoms with Crippen LogP contribution in [0.2, 0.25) is 5.02 Å². The molecule has 3 aliphatic carbocycles. The maximum absolute atomic E-state index is 13.4. The summed E-state index contributed by atoms with van der Waals surface area (Å²) in [5.41, 5.74) is 2.70. The van der Waals surface area contributed by atoms with Gasteiger partial charge in [-0.1, -0.05) is 11.6 Å². The second kappa shape index (κ2) is 6.92. The summed E-state index contributed by atoms with van der Waals surface area (Å²) in [5.74, 6) is -0.744. The maximum Gasteiger partial charge on any atom is 0.258 e. The van der Waals surface area contributed by atoms with Gasteiger partial charge in [0.25, 0.3) is 11.8 Å². The minimum atomic E-state index is -0.596. The molecular weight excluding hydrogens is 429 g/mol. The zero-order valence-corrected chi connectivity index (χ0v) is 17.3. The molecule has 9 heteroatoms. The van der Waals surface area contributed by atoms with Crippen molar-refractivity contribution in [3.05, 3.63) is 58.3 Å². The molecule has 1 aromatic heterocycles. The third-order valence-electron chi connectivity index (χ3n) is 5.67. The van der Waals surface area contributed by atoms with Crippen molar-refractivity contribution in [1.82, 2.24) is 15.6 Å². The summed E-state index contributed by atoms with van der Waals surface area (Å²) in [6, 6.07) is 9.50.